The van der Waals surface area contributed by atoms with E-state index in [1.165, 1.54) is 16.1 Å². The van der Waals surface area contributed by atoms with E-state index in [2.05, 4.69) is 48.6 Å². The fourth-order valence-electron chi connectivity index (χ4n) is 1.80. The van der Waals surface area contributed by atoms with Gasteiger partial charge in [-0.05, 0) is 31.8 Å². The van der Waals surface area contributed by atoms with Gasteiger partial charge in [0.2, 0.25) is 0 Å². The Bertz CT molecular complexity index is 508. The summed E-state index contributed by atoms with van der Waals surface area (Å²) in [5, 5.41) is 6.25. The normalized spacial score (nSPS) is 10.9. The van der Waals surface area contributed by atoms with Gasteiger partial charge in [-0.2, -0.15) is 0 Å². The van der Waals surface area contributed by atoms with E-state index in [4.69, 9.17) is 11.6 Å². The van der Waals surface area contributed by atoms with Gasteiger partial charge in [0, 0.05) is 29.0 Å². The lowest BCUT2D eigenvalue weighted by molar-refractivity contribution is 0.403. The van der Waals surface area contributed by atoms with Crippen LogP contribution in [0.15, 0.2) is 35.7 Å². The summed E-state index contributed by atoms with van der Waals surface area (Å²) >= 11 is 7.60. The summed E-state index contributed by atoms with van der Waals surface area (Å²) in [5.74, 6) is 0. The molecule has 1 aromatic carbocycles. The average molecular weight is 281 g/mol. The van der Waals surface area contributed by atoms with Crippen molar-refractivity contribution in [3.8, 4) is 0 Å². The molecule has 0 saturated heterocycles. The highest BCUT2D eigenvalue weighted by atomic mass is 35.5. The minimum Gasteiger partial charge on any atom is -0.380 e. The van der Waals surface area contributed by atoms with Crippen LogP contribution in [0.3, 0.4) is 0 Å². The molecule has 0 aliphatic carbocycles. The van der Waals surface area contributed by atoms with Gasteiger partial charge in [0.1, 0.15) is 0 Å². The zero-order chi connectivity index (χ0) is 13.0. The van der Waals surface area contributed by atoms with Crippen molar-refractivity contribution < 1.29 is 0 Å². The van der Waals surface area contributed by atoms with Gasteiger partial charge in [0.15, 0.2) is 0 Å². The van der Waals surface area contributed by atoms with Crippen LogP contribution in [-0.4, -0.2) is 19.0 Å². The van der Waals surface area contributed by atoms with Crippen LogP contribution in [0.2, 0.25) is 5.02 Å². The molecular weight excluding hydrogens is 264 g/mol. The van der Waals surface area contributed by atoms with Gasteiger partial charge in [0.05, 0.1) is 5.02 Å². The van der Waals surface area contributed by atoms with Gasteiger partial charge < -0.3 is 10.2 Å². The fraction of sp³-hybridized carbons (Fsp3) is 0.286. The van der Waals surface area contributed by atoms with Crippen molar-refractivity contribution in [3.05, 3.63) is 51.2 Å². The van der Waals surface area contributed by atoms with Crippen LogP contribution in [0.4, 0.5) is 5.69 Å². The maximum atomic E-state index is 5.92. The zero-order valence-corrected chi connectivity index (χ0v) is 12.2. The third kappa shape index (κ3) is 3.73. The van der Waals surface area contributed by atoms with Crippen molar-refractivity contribution in [2.75, 3.05) is 19.4 Å². The SMILES string of the molecule is CN(C)Cc1ccccc1NCc1cc(Cl)cs1. The number of hydrogen-bond acceptors (Lipinski definition) is 3. The van der Waals surface area contributed by atoms with Crippen LogP contribution in [0.25, 0.3) is 0 Å². The Kier molecular flexibility index (Phi) is 4.64. The Labute approximate surface area is 117 Å². The average Bonchev–Trinajstić information content (AvgIpc) is 2.73. The Morgan fingerprint density at radius 2 is 2.06 bits per heavy atom. The topological polar surface area (TPSA) is 15.3 Å². The summed E-state index contributed by atoms with van der Waals surface area (Å²) in [6, 6.07) is 10.4. The molecule has 2 nitrogen and oxygen atoms in total. The molecule has 0 amide bonds. The largest absolute Gasteiger partial charge is 0.380 e. The third-order valence-corrected chi connectivity index (χ3v) is 3.86. The second kappa shape index (κ2) is 6.23. The lowest BCUT2D eigenvalue weighted by atomic mass is 10.1. The minimum absolute atomic E-state index is 0.818. The molecule has 2 rings (SSSR count). The summed E-state index contributed by atoms with van der Waals surface area (Å²) in [6.45, 7) is 1.76. The lowest BCUT2D eigenvalue weighted by Gasteiger charge is -2.15. The molecule has 0 aliphatic heterocycles. The monoisotopic (exact) mass is 280 g/mol. The molecule has 18 heavy (non-hydrogen) atoms. The van der Waals surface area contributed by atoms with Gasteiger partial charge in [0.25, 0.3) is 0 Å². The lowest BCUT2D eigenvalue weighted by Crippen LogP contribution is -2.12. The Balaban J connectivity index is 2.04. The molecule has 0 spiro atoms. The van der Waals surface area contributed by atoms with Gasteiger partial charge in [-0.15, -0.1) is 11.3 Å². The Morgan fingerprint density at radius 1 is 1.28 bits per heavy atom. The quantitative estimate of drug-likeness (QED) is 0.888. The van der Waals surface area contributed by atoms with Crippen LogP contribution in [-0.2, 0) is 13.1 Å². The first kappa shape index (κ1) is 13.4. The van der Waals surface area contributed by atoms with Crippen molar-refractivity contribution in [2.24, 2.45) is 0 Å². The van der Waals surface area contributed by atoms with Crippen LogP contribution in [0.1, 0.15) is 10.4 Å². The molecule has 0 atom stereocenters. The third-order valence-electron chi connectivity index (χ3n) is 2.58. The highest BCUT2D eigenvalue weighted by Gasteiger charge is 2.03. The maximum absolute atomic E-state index is 5.92. The number of para-hydroxylation sites is 1. The summed E-state index contributed by atoms with van der Waals surface area (Å²) in [7, 11) is 4.16. The zero-order valence-electron chi connectivity index (χ0n) is 10.6. The number of nitrogens with zero attached hydrogens (tertiary/aromatic N) is 1. The number of thiophene rings is 1. The van der Waals surface area contributed by atoms with E-state index in [-0.39, 0.29) is 0 Å². The standard InChI is InChI=1S/C14H17ClN2S/c1-17(2)9-11-5-3-4-6-14(11)16-8-13-7-12(15)10-18-13/h3-7,10,16H,8-9H2,1-2H3. The van der Waals surface area contributed by atoms with E-state index in [9.17, 15) is 0 Å². The second-order valence-corrected chi connectivity index (χ2v) is 5.91. The van der Waals surface area contributed by atoms with E-state index in [1.54, 1.807) is 11.3 Å². The van der Waals surface area contributed by atoms with E-state index in [0.717, 1.165) is 18.1 Å². The second-order valence-electron chi connectivity index (χ2n) is 4.48. The summed E-state index contributed by atoms with van der Waals surface area (Å²) in [4.78, 5) is 3.42. The molecule has 1 aromatic heterocycles. The molecule has 2 aromatic rings. The number of nitrogens with one attached hydrogen (secondary N) is 1. The van der Waals surface area contributed by atoms with Crippen molar-refractivity contribution in [2.45, 2.75) is 13.1 Å². The summed E-state index contributed by atoms with van der Waals surface area (Å²) in [5.41, 5.74) is 2.50. The molecule has 0 unspecified atom stereocenters. The van der Waals surface area contributed by atoms with Crippen LogP contribution >= 0.6 is 22.9 Å². The van der Waals surface area contributed by atoms with Gasteiger partial charge in [-0.25, -0.2) is 0 Å². The van der Waals surface area contributed by atoms with Crippen LogP contribution < -0.4 is 5.32 Å². The molecule has 4 heteroatoms. The number of anilines is 1. The number of hydrogen-bond donors (Lipinski definition) is 1. The summed E-state index contributed by atoms with van der Waals surface area (Å²) < 4.78 is 0. The van der Waals surface area contributed by atoms with Crippen molar-refractivity contribution in [1.82, 2.24) is 4.90 Å². The van der Waals surface area contributed by atoms with Crippen molar-refractivity contribution >= 4 is 28.6 Å². The maximum Gasteiger partial charge on any atom is 0.0516 e. The van der Waals surface area contributed by atoms with Gasteiger partial charge in [-0.3, -0.25) is 0 Å². The van der Waals surface area contributed by atoms with Gasteiger partial charge >= 0.3 is 0 Å². The van der Waals surface area contributed by atoms with E-state index < -0.39 is 0 Å². The summed E-state index contributed by atoms with van der Waals surface area (Å²) in [6.07, 6.45) is 0. The van der Waals surface area contributed by atoms with E-state index in [0.29, 0.717) is 0 Å². The van der Waals surface area contributed by atoms with Crippen LogP contribution in [0.5, 0.6) is 0 Å². The number of halogens is 1. The highest BCUT2D eigenvalue weighted by Crippen LogP contribution is 2.22. The molecule has 0 bridgehead atoms. The molecule has 0 radical (unpaired) electrons. The van der Waals surface area contributed by atoms with Crippen molar-refractivity contribution in [1.29, 1.82) is 0 Å². The number of rotatable bonds is 5. The van der Waals surface area contributed by atoms with E-state index >= 15 is 0 Å². The highest BCUT2D eigenvalue weighted by molar-refractivity contribution is 7.10. The number of benzene rings is 1. The van der Waals surface area contributed by atoms with Gasteiger partial charge in [-0.1, -0.05) is 29.8 Å². The van der Waals surface area contributed by atoms with Crippen LogP contribution in [0, 0.1) is 0 Å². The first-order valence-corrected chi connectivity index (χ1v) is 7.10. The Hall–Kier alpha value is -1.03. The molecule has 96 valence electrons. The van der Waals surface area contributed by atoms with Crippen molar-refractivity contribution in [3.63, 3.8) is 0 Å². The molecular formula is C14H17ClN2S. The minimum atomic E-state index is 0.818. The molecule has 0 fully saturated rings. The Morgan fingerprint density at radius 3 is 2.72 bits per heavy atom. The fourth-order valence-corrected chi connectivity index (χ4v) is 2.81. The molecule has 1 heterocycles. The molecule has 0 aliphatic rings. The first-order chi connectivity index (χ1) is 8.65. The van der Waals surface area contributed by atoms with E-state index in [1.807, 2.05) is 11.4 Å². The molecule has 0 saturated carbocycles. The smallest absolute Gasteiger partial charge is 0.0516 e. The predicted octanol–water partition coefficient (Wildman–Crippen LogP) is 4.08. The predicted molar refractivity (Wildman–Crippen MR) is 80.5 cm³/mol. The first-order valence-electron chi connectivity index (χ1n) is 5.84. The molecule has 1 N–H and O–H groups in total.